The second kappa shape index (κ2) is 9.21. The number of sulfone groups is 1. The third kappa shape index (κ3) is 4.42. The highest BCUT2D eigenvalue weighted by molar-refractivity contribution is 7.91. The van der Waals surface area contributed by atoms with Crippen LogP contribution in [0.2, 0.25) is 5.02 Å². The molecular formula is C25H21ClN2O4S. The smallest absolute Gasteiger partial charge is 0.319 e. The summed E-state index contributed by atoms with van der Waals surface area (Å²) in [6.07, 6.45) is 1.40. The number of hydrogen-bond acceptors (Lipinski definition) is 5. The van der Waals surface area contributed by atoms with Gasteiger partial charge in [0.15, 0.2) is 5.03 Å². The fraction of sp³-hybridized carbons (Fsp3) is 0.120. The minimum absolute atomic E-state index is 0.0902. The number of imidazole rings is 1. The lowest BCUT2D eigenvalue weighted by Gasteiger charge is -2.19. The van der Waals surface area contributed by atoms with E-state index in [1.54, 1.807) is 65.2 Å². The first-order chi connectivity index (χ1) is 15.8. The van der Waals surface area contributed by atoms with Gasteiger partial charge in [-0.05, 0) is 48.9 Å². The monoisotopic (exact) mass is 480 g/mol. The van der Waals surface area contributed by atoms with Gasteiger partial charge in [0.2, 0.25) is 9.84 Å². The van der Waals surface area contributed by atoms with Crippen LogP contribution in [0.5, 0.6) is 0 Å². The Balaban J connectivity index is 2.01. The molecule has 6 nitrogen and oxygen atoms in total. The van der Waals surface area contributed by atoms with Crippen molar-refractivity contribution >= 4 is 27.4 Å². The molecule has 1 unspecified atom stereocenters. The van der Waals surface area contributed by atoms with Crippen LogP contribution in [-0.2, 0) is 19.4 Å². The van der Waals surface area contributed by atoms with Crippen LogP contribution in [0.4, 0.5) is 0 Å². The van der Waals surface area contributed by atoms with Gasteiger partial charge in [0.05, 0.1) is 17.7 Å². The lowest BCUT2D eigenvalue weighted by molar-refractivity contribution is -0.141. The summed E-state index contributed by atoms with van der Waals surface area (Å²) in [5.74, 6) is -1.62. The minimum atomic E-state index is -4.04. The number of aromatic nitrogens is 2. The molecule has 3 aromatic carbocycles. The predicted octanol–water partition coefficient (Wildman–Crippen LogP) is 4.97. The van der Waals surface area contributed by atoms with Crippen molar-refractivity contribution in [2.24, 2.45) is 0 Å². The van der Waals surface area contributed by atoms with Crippen LogP contribution in [0.1, 0.15) is 22.7 Å². The van der Waals surface area contributed by atoms with Crippen molar-refractivity contribution in [2.75, 3.05) is 7.11 Å². The summed E-state index contributed by atoms with van der Waals surface area (Å²) in [5, 5.41) is 0.320. The molecular weight excluding hydrogens is 460 g/mol. The Morgan fingerprint density at radius 1 is 0.970 bits per heavy atom. The number of esters is 1. The molecule has 0 saturated carbocycles. The Morgan fingerprint density at radius 3 is 2.21 bits per heavy atom. The Kier molecular flexibility index (Phi) is 6.35. The summed E-state index contributed by atoms with van der Waals surface area (Å²) >= 11 is 6.05. The van der Waals surface area contributed by atoms with Gasteiger partial charge in [-0.15, -0.1) is 0 Å². The largest absolute Gasteiger partial charge is 0.468 e. The molecule has 0 spiro atoms. The summed E-state index contributed by atoms with van der Waals surface area (Å²) in [5.41, 5.74) is 2.31. The van der Waals surface area contributed by atoms with E-state index >= 15 is 0 Å². The van der Waals surface area contributed by atoms with E-state index in [-0.39, 0.29) is 15.6 Å². The number of carbonyl (C=O) groups is 1. The number of methoxy groups -OCH3 is 1. The lowest BCUT2D eigenvalue weighted by atomic mass is 9.96. The standard InChI is InChI=1S/C25H21ClN2O4S/c1-17-8-14-21(15-9-17)33(30,31)24-23(22(25(29)32-2)18-6-4-3-5-7-18)28(16-27-24)20-12-10-19(26)11-13-20/h3-16,22H,1-2H3. The van der Waals surface area contributed by atoms with E-state index in [2.05, 4.69) is 4.98 Å². The third-order valence-electron chi connectivity index (χ3n) is 5.30. The van der Waals surface area contributed by atoms with E-state index in [0.717, 1.165) is 5.56 Å². The van der Waals surface area contributed by atoms with Crippen LogP contribution in [0.3, 0.4) is 0 Å². The minimum Gasteiger partial charge on any atom is -0.468 e. The van der Waals surface area contributed by atoms with Gasteiger partial charge in [-0.3, -0.25) is 4.79 Å². The highest BCUT2D eigenvalue weighted by atomic mass is 35.5. The molecule has 1 aromatic heterocycles. The van der Waals surface area contributed by atoms with E-state index < -0.39 is 21.7 Å². The number of ether oxygens (including phenoxy) is 1. The molecule has 33 heavy (non-hydrogen) atoms. The maximum absolute atomic E-state index is 13.7. The third-order valence-corrected chi connectivity index (χ3v) is 7.27. The molecule has 1 heterocycles. The summed E-state index contributed by atoms with van der Waals surface area (Å²) < 4.78 is 34.0. The fourth-order valence-electron chi connectivity index (χ4n) is 3.62. The van der Waals surface area contributed by atoms with Crippen molar-refractivity contribution in [3.8, 4) is 5.69 Å². The van der Waals surface area contributed by atoms with E-state index in [0.29, 0.717) is 16.3 Å². The average Bonchev–Trinajstić information content (AvgIpc) is 3.26. The first kappa shape index (κ1) is 22.8. The van der Waals surface area contributed by atoms with Crippen LogP contribution < -0.4 is 0 Å². The molecule has 0 bridgehead atoms. The van der Waals surface area contributed by atoms with Crippen LogP contribution in [-0.4, -0.2) is 31.0 Å². The number of halogens is 1. The van der Waals surface area contributed by atoms with E-state index in [1.807, 2.05) is 13.0 Å². The zero-order valence-electron chi connectivity index (χ0n) is 18.0. The summed E-state index contributed by atoms with van der Waals surface area (Å²) in [6.45, 7) is 1.87. The molecule has 4 aromatic rings. The lowest BCUT2D eigenvalue weighted by Crippen LogP contribution is -2.21. The van der Waals surface area contributed by atoms with Gasteiger partial charge in [-0.25, -0.2) is 13.4 Å². The van der Waals surface area contributed by atoms with Crippen LogP contribution >= 0.6 is 11.6 Å². The van der Waals surface area contributed by atoms with Crippen molar-refractivity contribution in [1.82, 2.24) is 9.55 Å². The van der Waals surface area contributed by atoms with Crippen molar-refractivity contribution in [1.29, 1.82) is 0 Å². The summed E-state index contributed by atoms with van der Waals surface area (Å²) in [6, 6.07) is 22.2. The molecule has 1 atom stereocenters. The molecule has 0 N–H and O–H groups in total. The van der Waals surface area contributed by atoms with Gasteiger partial charge in [0.25, 0.3) is 0 Å². The molecule has 0 amide bonds. The number of aryl methyl sites for hydroxylation is 1. The van der Waals surface area contributed by atoms with Crippen LogP contribution in [0, 0.1) is 6.92 Å². The van der Waals surface area contributed by atoms with Crippen molar-refractivity contribution in [2.45, 2.75) is 22.8 Å². The van der Waals surface area contributed by atoms with E-state index in [4.69, 9.17) is 16.3 Å². The Hall–Kier alpha value is -3.42. The van der Waals surface area contributed by atoms with Gasteiger partial charge in [0.1, 0.15) is 12.2 Å². The van der Waals surface area contributed by atoms with Gasteiger partial charge < -0.3 is 9.30 Å². The highest BCUT2D eigenvalue weighted by Gasteiger charge is 2.36. The quantitative estimate of drug-likeness (QED) is 0.364. The first-order valence-electron chi connectivity index (χ1n) is 10.1. The second-order valence-corrected chi connectivity index (χ2v) is 9.77. The maximum Gasteiger partial charge on any atom is 0.319 e. The molecule has 0 saturated heterocycles. The average molecular weight is 481 g/mol. The Labute approximate surface area is 197 Å². The van der Waals surface area contributed by atoms with Gasteiger partial charge in [0, 0.05) is 10.7 Å². The van der Waals surface area contributed by atoms with Gasteiger partial charge in [-0.1, -0.05) is 59.6 Å². The Morgan fingerprint density at radius 2 is 1.61 bits per heavy atom. The number of benzene rings is 3. The molecule has 4 rings (SSSR count). The normalized spacial score (nSPS) is 12.3. The highest BCUT2D eigenvalue weighted by Crippen LogP contribution is 2.35. The molecule has 0 radical (unpaired) electrons. The van der Waals surface area contributed by atoms with Crippen molar-refractivity contribution < 1.29 is 17.9 Å². The molecule has 8 heteroatoms. The van der Waals surface area contributed by atoms with Crippen LogP contribution in [0.25, 0.3) is 5.69 Å². The number of hydrogen-bond donors (Lipinski definition) is 0. The predicted molar refractivity (Wildman–Crippen MR) is 126 cm³/mol. The maximum atomic E-state index is 13.7. The van der Waals surface area contributed by atoms with Crippen molar-refractivity contribution in [3.63, 3.8) is 0 Å². The van der Waals surface area contributed by atoms with Gasteiger partial charge in [-0.2, -0.15) is 0 Å². The molecule has 168 valence electrons. The summed E-state index contributed by atoms with van der Waals surface area (Å²) in [4.78, 5) is 17.4. The SMILES string of the molecule is COC(=O)C(c1ccccc1)c1c(S(=O)(=O)c2ccc(C)cc2)ncn1-c1ccc(Cl)cc1. The topological polar surface area (TPSA) is 78.3 Å². The number of nitrogens with zero attached hydrogens (tertiary/aromatic N) is 2. The number of rotatable bonds is 6. The first-order valence-corrected chi connectivity index (χ1v) is 12.0. The van der Waals surface area contributed by atoms with E-state index in [1.165, 1.54) is 25.6 Å². The Bertz CT molecular complexity index is 1380. The zero-order chi connectivity index (χ0) is 23.6. The van der Waals surface area contributed by atoms with Gasteiger partial charge >= 0.3 is 5.97 Å². The fourth-order valence-corrected chi connectivity index (χ4v) is 5.14. The summed E-state index contributed by atoms with van der Waals surface area (Å²) in [7, 11) is -2.77. The zero-order valence-corrected chi connectivity index (χ0v) is 19.5. The van der Waals surface area contributed by atoms with E-state index in [9.17, 15) is 13.2 Å². The van der Waals surface area contributed by atoms with Crippen molar-refractivity contribution in [3.05, 3.63) is 107 Å². The number of carbonyl (C=O) groups excluding carboxylic acids is 1. The van der Waals surface area contributed by atoms with Crippen LogP contribution in [0.15, 0.2) is 95.1 Å². The molecule has 0 aliphatic heterocycles. The molecule has 0 aliphatic rings. The second-order valence-electron chi connectivity index (χ2n) is 7.46. The molecule has 0 aliphatic carbocycles. The molecule has 0 fully saturated rings.